The zero-order valence-corrected chi connectivity index (χ0v) is 19.3. The zero-order chi connectivity index (χ0) is 21.6. The van der Waals surface area contributed by atoms with E-state index in [0.717, 1.165) is 48.3 Å². The Morgan fingerprint density at radius 3 is 1.77 bits per heavy atom. The molecule has 0 radical (unpaired) electrons. The van der Waals surface area contributed by atoms with Crippen LogP contribution in [-0.4, -0.2) is 43.3 Å². The van der Waals surface area contributed by atoms with Crippen LogP contribution in [0, 0.1) is 0 Å². The quantitative estimate of drug-likeness (QED) is 0.469. The van der Waals surface area contributed by atoms with Crippen LogP contribution in [0.15, 0.2) is 48.5 Å². The number of para-hydroxylation sites is 2. The number of ether oxygens (including phenoxy) is 3. The highest BCUT2D eigenvalue weighted by atomic mass is 16.5. The van der Waals surface area contributed by atoms with Crippen LogP contribution in [0.2, 0.25) is 0 Å². The lowest BCUT2D eigenvalue weighted by Gasteiger charge is -2.38. The molecule has 2 bridgehead atoms. The van der Waals surface area contributed by atoms with Gasteiger partial charge in [-0.1, -0.05) is 50.2 Å². The second-order valence-corrected chi connectivity index (χ2v) is 8.93. The number of hydrogen-bond donors (Lipinski definition) is 0. The Bertz CT molecular complexity index is 773. The molecule has 0 amide bonds. The Hall–Kier alpha value is -2.04. The van der Waals surface area contributed by atoms with E-state index in [0.29, 0.717) is 25.3 Å². The number of piperidine rings is 1. The van der Waals surface area contributed by atoms with Crippen molar-refractivity contribution in [2.24, 2.45) is 0 Å². The summed E-state index contributed by atoms with van der Waals surface area (Å²) in [5, 5.41) is 0. The number of benzene rings is 2. The van der Waals surface area contributed by atoms with Gasteiger partial charge in [-0.05, 0) is 57.7 Å². The summed E-state index contributed by atoms with van der Waals surface area (Å²) in [5.41, 5.74) is 2.18. The van der Waals surface area contributed by atoms with Gasteiger partial charge in [0.25, 0.3) is 0 Å². The van der Waals surface area contributed by atoms with Crippen LogP contribution < -0.4 is 9.47 Å². The highest BCUT2D eigenvalue weighted by Gasteiger charge is 2.40. The van der Waals surface area contributed by atoms with Crippen LogP contribution in [0.5, 0.6) is 11.5 Å². The molecule has 0 saturated carbocycles. The Kier molecular flexibility index (Phi) is 7.52. The summed E-state index contributed by atoms with van der Waals surface area (Å²) in [6.45, 7) is 5.68. The predicted octanol–water partition coefficient (Wildman–Crippen LogP) is 6.00. The van der Waals surface area contributed by atoms with Gasteiger partial charge in [-0.25, -0.2) is 0 Å². The van der Waals surface area contributed by atoms with Crippen molar-refractivity contribution in [1.29, 1.82) is 0 Å². The predicted molar refractivity (Wildman–Crippen MR) is 125 cm³/mol. The van der Waals surface area contributed by atoms with Crippen LogP contribution in [0.4, 0.5) is 0 Å². The first-order valence-electron chi connectivity index (χ1n) is 12.0. The standard InChI is InChI=1S/C27H37NO3/c1-4-16-29-25-12-8-6-10-23(25)27(24-11-7-9-13-26(24)30-17-5-2)31-22-18-20-14-15-21(19-22)28(20)3/h6-13,20-22,27H,4-5,14-19H2,1-3H3. The number of hydrogen-bond acceptors (Lipinski definition) is 4. The van der Waals surface area contributed by atoms with Gasteiger partial charge in [-0.3, -0.25) is 0 Å². The summed E-state index contributed by atoms with van der Waals surface area (Å²) < 4.78 is 19.2. The maximum absolute atomic E-state index is 6.95. The Morgan fingerprint density at radius 1 is 0.806 bits per heavy atom. The minimum Gasteiger partial charge on any atom is -0.493 e. The highest BCUT2D eigenvalue weighted by Crippen LogP contribution is 2.42. The smallest absolute Gasteiger partial charge is 0.125 e. The highest BCUT2D eigenvalue weighted by molar-refractivity contribution is 5.45. The first kappa shape index (κ1) is 22.2. The molecular formula is C27H37NO3. The average molecular weight is 424 g/mol. The van der Waals surface area contributed by atoms with E-state index in [-0.39, 0.29) is 12.2 Å². The van der Waals surface area contributed by atoms with E-state index in [2.05, 4.69) is 62.2 Å². The van der Waals surface area contributed by atoms with E-state index in [1.54, 1.807) is 0 Å². The van der Waals surface area contributed by atoms with E-state index in [1.807, 2.05) is 12.1 Å². The average Bonchev–Trinajstić information content (AvgIpc) is 3.00. The molecular weight excluding hydrogens is 386 g/mol. The molecule has 2 aliphatic heterocycles. The largest absolute Gasteiger partial charge is 0.493 e. The van der Waals surface area contributed by atoms with E-state index in [1.165, 1.54) is 12.8 Å². The minimum absolute atomic E-state index is 0.200. The van der Waals surface area contributed by atoms with Crippen molar-refractivity contribution >= 4 is 0 Å². The maximum Gasteiger partial charge on any atom is 0.125 e. The molecule has 2 saturated heterocycles. The van der Waals surface area contributed by atoms with E-state index in [9.17, 15) is 0 Å². The fourth-order valence-corrected chi connectivity index (χ4v) is 5.06. The van der Waals surface area contributed by atoms with Gasteiger partial charge in [0.2, 0.25) is 0 Å². The second-order valence-electron chi connectivity index (χ2n) is 8.93. The lowest BCUT2D eigenvalue weighted by molar-refractivity contribution is -0.0440. The van der Waals surface area contributed by atoms with Crippen molar-refractivity contribution in [2.75, 3.05) is 20.3 Å². The van der Waals surface area contributed by atoms with Crippen LogP contribution in [0.3, 0.4) is 0 Å². The molecule has 2 aliphatic rings. The SMILES string of the molecule is CCCOc1ccccc1C(OC1CC2CCC(C1)N2C)c1ccccc1OCCC. The van der Waals surface area contributed by atoms with Crippen molar-refractivity contribution in [3.8, 4) is 11.5 Å². The monoisotopic (exact) mass is 423 g/mol. The lowest BCUT2D eigenvalue weighted by Crippen LogP contribution is -2.43. The fourth-order valence-electron chi connectivity index (χ4n) is 5.06. The Balaban J connectivity index is 1.67. The molecule has 4 rings (SSSR count). The molecule has 0 aromatic heterocycles. The second kappa shape index (κ2) is 10.5. The Morgan fingerprint density at radius 2 is 1.29 bits per heavy atom. The molecule has 4 heteroatoms. The zero-order valence-electron chi connectivity index (χ0n) is 19.3. The normalized spacial score (nSPS) is 23.3. The van der Waals surface area contributed by atoms with Gasteiger partial charge in [-0.15, -0.1) is 0 Å². The van der Waals surface area contributed by atoms with Crippen LogP contribution in [0.25, 0.3) is 0 Å². The molecule has 2 unspecified atom stereocenters. The molecule has 2 aromatic rings. The van der Waals surface area contributed by atoms with E-state index >= 15 is 0 Å². The van der Waals surface area contributed by atoms with Crippen LogP contribution >= 0.6 is 0 Å². The molecule has 0 aliphatic carbocycles. The summed E-state index contributed by atoms with van der Waals surface area (Å²) in [6.07, 6.45) is 6.78. The lowest BCUT2D eigenvalue weighted by atomic mass is 9.96. The van der Waals surface area contributed by atoms with Crippen molar-refractivity contribution in [1.82, 2.24) is 4.90 Å². The van der Waals surface area contributed by atoms with Gasteiger partial charge in [0, 0.05) is 23.2 Å². The molecule has 31 heavy (non-hydrogen) atoms. The van der Waals surface area contributed by atoms with Gasteiger partial charge >= 0.3 is 0 Å². The first-order valence-corrected chi connectivity index (χ1v) is 12.0. The van der Waals surface area contributed by atoms with Gasteiger partial charge in [0.05, 0.1) is 19.3 Å². The topological polar surface area (TPSA) is 30.9 Å². The summed E-state index contributed by atoms with van der Waals surface area (Å²) in [5.74, 6) is 1.83. The fraction of sp³-hybridized carbons (Fsp3) is 0.556. The van der Waals surface area contributed by atoms with Gasteiger partial charge < -0.3 is 19.1 Å². The molecule has 168 valence electrons. The number of nitrogens with zero attached hydrogens (tertiary/aromatic N) is 1. The van der Waals surface area contributed by atoms with E-state index < -0.39 is 0 Å². The van der Waals surface area contributed by atoms with Gasteiger partial charge in [-0.2, -0.15) is 0 Å². The van der Waals surface area contributed by atoms with Gasteiger partial charge in [0.1, 0.15) is 17.6 Å². The third-order valence-corrected chi connectivity index (χ3v) is 6.71. The van der Waals surface area contributed by atoms with Crippen LogP contribution in [-0.2, 0) is 4.74 Å². The first-order chi connectivity index (χ1) is 15.2. The summed E-state index contributed by atoms with van der Waals surface area (Å²) in [7, 11) is 2.28. The van der Waals surface area contributed by atoms with Gasteiger partial charge in [0.15, 0.2) is 0 Å². The van der Waals surface area contributed by atoms with Crippen molar-refractivity contribution in [3.05, 3.63) is 59.7 Å². The third kappa shape index (κ3) is 5.07. The van der Waals surface area contributed by atoms with Crippen LogP contribution in [0.1, 0.15) is 69.6 Å². The minimum atomic E-state index is -0.200. The molecule has 2 aromatic carbocycles. The van der Waals surface area contributed by atoms with Crippen molar-refractivity contribution in [2.45, 2.75) is 76.7 Å². The summed E-state index contributed by atoms with van der Waals surface area (Å²) >= 11 is 0. The molecule has 2 heterocycles. The molecule has 2 atom stereocenters. The Labute approximate surface area is 187 Å². The van der Waals surface area contributed by atoms with Crippen molar-refractivity contribution < 1.29 is 14.2 Å². The molecule has 4 nitrogen and oxygen atoms in total. The summed E-state index contributed by atoms with van der Waals surface area (Å²) in [6, 6.07) is 18.0. The van der Waals surface area contributed by atoms with Crippen molar-refractivity contribution in [3.63, 3.8) is 0 Å². The number of fused-ring (bicyclic) bond motifs is 2. The maximum atomic E-state index is 6.95. The third-order valence-electron chi connectivity index (χ3n) is 6.71. The molecule has 0 spiro atoms. The summed E-state index contributed by atoms with van der Waals surface area (Å²) in [4.78, 5) is 2.56. The van der Waals surface area contributed by atoms with E-state index in [4.69, 9.17) is 14.2 Å². The molecule has 2 fully saturated rings. The molecule has 0 N–H and O–H groups in total. The number of rotatable bonds is 10.